The minimum absolute atomic E-state index is 0.106. The van der Waals surface area contributed by atoms with E-state index in [4.69, 9.17) is 17.3 Å². The monoisotopic (exact) mass is 341 g/mol. The summed E-state index contributed by atoms with van der Waals surface area (Å²) in [5.74, 6) is 0.286. The molecule has 1 aliphatic rings. The van der Waals surface area contributed by atoms with Gasteiger partial charge in [0.1, 0.15) is 10.7 Å². The number of hydrogen-bond donors (Lipinski definition) is 2. The van der Waals surface area contributed by atoms with Gasteiger partial charge in [0.15, 0.2) is 0 Å². The molecule has 0 saturated heterocycles. The Hall–Kier alpha value is -0.950. The molecule has 1 saturated carbocycles. The minimum atomic E-state index is -0.106. The first-order valence-corrected chi connectivity index (χ1v) is 8.97. The van der Waals surface area contributed by atoms with Crippen LogP contribution in [0.25, 0.3) is 9.88 Å². The summed E-state index contributed by atoms with van der Waals surface area (Å²) in [4.78, 5) is 17.7. The summed E-state index contributed by atoms with van der Waals surface area (Å²) in [5.41, 5.74) is 6.22. The molecule has 2 heterocycles. The second-order valence-electron chi connectivity index (χ2n) is 5.15. The lowest BCUT2D eigenvalue weighted by molar-refractivity contribution is 0.0924. The fourth-order valence-corrected chi connectivity index (χ4v) is 4.59. The van der Waals surface area contributed by atoms with Crippen molar-refractivity contribution in [2.24, 2.45) is 11.7 Å². The van der Waals surface area contributed by atoms with Crippen molar-refractivity contribution in [3.8, 4) is 9.88 Å². The number of carbonyl (C=O) groups is 1. The molecule has 0 radical (unpaired) electrons. The number of halogens is 1. The van der Waals surface area contributed by atoms with E-state index in [-0.39, 0.29) is 11.9 Å². The zero-order valence-corrected chi connectivity index (χ0v) is 13.7. The Morgan fingerprint density at radius 1 is 1.48 bits per heavy atom. The fourth-order valence-electron chi connectivity index (χ4n) is 2.67. The van der Waals surface area contributed by atoms with Crippen LogP contribution in [0.2, 0.25) is 4.34 Å². The Kier molecular flexibility index (Phi) is 4.59. The Morgan fingerprint density at radius 2 is 2.33 bits per heavy atom. The van der Waals surface area contributed by atoms with Gasteiger partial charge in [-0.2, -0.15) is 0 Å². The van der Waals surface area contributed by atoms with Crippen LogP contribution in [-0.4, -0.2) is 23.5 Å². The first kappa shape index (κ1) is 15.0. The first-order valence-electron chi connectivity index (χ1n) is 6.89. The van der Waals surface area contributed by atoms with Gasteiger partial charge in [-0.15, -0.1) is 22.7 Å². The van der Waals surface area contributed by atoms with Crippen LogP contribution < -0.4 is 11.1 Å². The van der Waals surface area contributed by atoms with E-state index in [1.54, 1.807) is 5.38 Å². The highest BCUT2D eigenvalue weighted by Crippen LogP contribution is 2.33. The molecule has 0 aromatic carbocycles. The van der Waals surface area contributed by atoms with E-state index in [0.29, 0.717) is 18.2 Å². The van der Waals surface area contributed by atoms with Crippen molar-refractivity contribution in [2.45, 2.75) is 25.3 Å². The molecule has 0 bridgehead atoms. The van der Waals surface area contributed by atoms with E-state index in [2.05, 4.69) is 10.3 Å². The molecule has 7 heteroatoms. The number of hydrogen-bond acceptors (Lipinski definition) is 5. The largest absolute Gasteiger partial charge is 0.348 e. The van der Waals surface area contributed by atoms with Crippen LogP contribution >= 0.6 is 34.3 Å². The van der Waals surface area contributed by atoms with E-state index in [1.807, 2.05) is 12.1 Å². The molecule has 4 nitrogen and oxygen atoms in total. The number of nitrogens with zero attached hydrogens (tertiary/aromatic N) is 1. The third-order valence-corrected chi connectivity index (χ3v) is 6.04. The Labute approximate surface area is 136 Å². The van der Waals surface area contributed by atoms with Gasteiger partial charge in [0.05, 0.1) is 9.21 Å². The zero-order valence-electron chi connectivity index (χ0n) is 11.3. The molecule has 1 amide bonds. The van der Waals surface area contributed by atoms with Crippen LogP contribution in [0, 0.1) is 5.92 Å². The van der Waals surface area contributed by atoms with Crippen molar-refractivity contribution in [3.05, 3.63) is 27.5 Å². The molecule has 2 atom stereocenters. The quantitative estimate of drug-likeness (QED) is 0.895. The van der Waals surface area contributed by atoms with Gasteiger partial charge in [0.25, 0.3) is 5.91 Å². The molecule has 112 valence electrons. The predicted molar refractivity (Wildman–Crippen MR) is 88.1 cm³/mol. The highest BCUT2D eigenvalue weighted by atomic mass is 35.5. The van der Waals surface area contributed by atoms with Gasteiger partial charge >= 0.3 is 0 Å². The van der Waals surface area contributed by atoms with Gasteiger partial charge in [-0.05, 0) is 37.4 Å². The summed E-state index contributed by atoms with van der Waals surface area (Å²) in [6.07, 6.45) is 3.23. The van der Waals surface area contributed by atoms with Crippen LogP contribution in [0.15, 0.2) is 17.5 Å². The summed E-state index contributed by atoms with van der Waals surface area (Å²) in [7, 11) is 0. The summed E-state index contributed by atoms with van der Waals surface area (Å²) in [5, 5.41) is 5.70. The maximum atomic E-state index is 12.3. The smallest absolute Gasteiger partial charge is 0.271 e. The van der Waals surface area contributed by atoms with Gasteiger partial charge in [0, 0.05) is 11.4 Å². The number of rotatable bonds is 4. The van der Waals surface area contributed by atoms with Gasteiger partial charge in [-0.3, -0.25) is 4.79 Å². The van der Waals surface area contributed by atoms with Crippen molar-refractivity contribution in [2.75, 3.05) is 6.54 Å². The molecule has 0 aliphatic heterocycles. The highest BCUT2D eigenvalue weighted by Gasteiger charge is 2.28. The Bertz CT molecular complexity index is 640. The highest BCUT2D eigenvalue weighted by molar-refractivity contribution is 7.23. The third kappa shape index (κ3) is 3.29. The molecule has 3 N–H and O–H groups in total. The first-order chi connectivity index (χ1) is 10.2. The van der Waals surface area contributed by atoms with Crippen molar-refractivity contribution < 1.29 is 4.79 Å². The third-order valence-electron chi connectivity index (χ3n) is 3.80. The average Bonchev–Trinajstić information content (AvgIpc) is 3.17. The molecule has 1 fully saturated rings. The van der Waals surface area contributed by atoms with E-state index < -0.39 is 0 Å². The number of aromatic nitrogens is 1. The second-order valence-corrected chi connectivity index (χ2v) is 7.72. The second kappa shape index (κ2) is 6.44. The molecular formula is C14H16ClN3OS2. The standard InChI is InChI=1S/C14H16ClN3OS2/c15-12-5-4-11(21-12)14-18-10(7-20-14)13(19)17-9-3-1-2-8(9)6-16/h4-5,7-9H,1-3,6,16H2,(H,17,19). The number of thiophene rings is 1. The molecule has 0 spiro atoms. The van der Waals surface area contributed by atoms with E-state index in [0.717, 1.165) is 33.5 Å². The Balaban J connectivity index is 1.69. The normalized spacial score (nSPS) is 21.6. The topological polar surface area (TPSA) is 68.0 Å². The fraction of sp³-hybridized carbons (Fsp3) is 0.429. The lowest BCUT2D eigenvalue weighted by atomic mass is 10.0. The number of nitrogens with one attached hydrogen (secondary N) is 1. The summed E-state index contributed by atoms with van der Waals surface area (Å²) >= 11 is 8.86. The summed E-state index contributed by atoms with van der Waals surface area (Å²) in [6.45, 7) is 0.626. The molecule has 3 rings (SSSR count). The summed E-state index contributed by atoms with van der Waals surface area (Å²) < 4.78 is 0.725. The zero-order chi connectivity index (χ0) is 14.8. The number of carbonyl (C=O) groups excluding carboxylic acids is 1. The van der Waals surface area contributed by atoms with Crippen molar-refractivity contribution in [3.63, 3.8) is 0 Å². The van der Waals surface area contributed by atoms with Crippen LogP contribution in [0.5, 0.6) is 0 Å². The SMILES string of the molecule is NCC1CCCC1NC(=O)c1csc(-c2ccc(Cl)s2)n1. The van der Waals surface area contributed by atoms with Gasteiger partial charge < -0.3 is 11.1 Å². The molecule has 2 aromatic heterocycles. The molecular weight excluding hydrogens is 326 g/mol. The van der Waals surface area contributed by atoms with Crippen LogP contribution in [0.3, 0.4) is 0 Å². The van der Waals surface area contributed by atoms with Crippen LogP contribution in [0.1, 0.15) is 29.8 Å². The average molecular weight is 342 g/mol. The minimum Gasteiger partial charge on any atom is -0.348 e. The van der Waals surface area contributed by atoms with Crippen molar-refractivity contribution in [1.29, 1.82) is 0 Å². The van der Waals surface area contributed by atoms with Gasteiger partial charge in [0.2, 0.25) is 0 Å². The van der Waals surface area contributed by atoms with E-state index in [1.165, 1.54) is 22.7 Å². The van der Waals surface area contributed by atoms with E-state index in [9.17, 15) is 4.79 Å². The molecule has 2 unspecified atom stereocenters. The number of thiazole rings is 1. The number of amides is 1. The van der Waals surface area contributed by atoms with Crippen LogP contribution in [0.4, 0.5) is 0 Å². The molecule has 1 aliphatic carbocycles. The van der Waals surface area contributed by atoms with E-state index >= 15 is 0 Å². The van der Waals surface area contributed by atoms with Crippen molar-refractivity contribution >= 4 is 40.2 Å². The maximum Gasteiger partial charge on any atom is 0.271 e. The summed E-state index contributed by atoms with van der Waals surface area (Å²) in [6, 6.07) is 3.95. The lowest BCUT2D eigenvalue weighted by Crippen LogP contribution is -2.39. The lowest BCUT2D eigenvalue weighted by Gasteiger charge is -2.18. The van der Waals surface area contributed by atoms with Gasteiger partial charge in [-0.25, -0.2) is 4.98 Å². The number of nitrogens with two attached hydrogens (primary N) is 1. The predicted octanol–water partition coefficient (Wildman–Crippen LogP) is 3.38. The van der Waals surface area contributed by atoms with Crippen molar-refractivity contribution in [1.82, 2.24) is 10.3 Å². The molecule has 21 heavy (non-hydrogen) atoms. The Morgan fingerprint density at radius 3 is 3.05 bits per heavy atom. The maximum absolute atomic E-state index is 12.3. The van der Waals surface area contributed by atoms with Crippen LogP contribution in [-0.2, 0) is 0 Å². The van der Waals surface area contributed by atoms with Gasteiger partial charge in [-0.1, -0.05) is 18.0 Å². The molecule has 2 aromatic rings.